The summed E-state index contributed by atoms with van der Waals surface area (Å²) >= 11 is 8.30. The molecule has 0 fully saturated rings. The molecule has 1 atom stereocenters. The largest absolute Gasteiger partial charge is 0.487 e. The molecule has 0 amide bonds. The molecule has 0 spiro atoms. The van der Waals surface area contributed by atoms with E-state index in [0.29, 0.717) is 16.6 Å². The quantitative estimate of drug-likeness (QED) is 0.154. The molecule has 6 nitrogen and oxygen atoms in total. The van der Waals surface area contributed by atoms with E-state index in [4.69, 9.17) is 20.8 Å². The third-order valence-corrected chi connectivity index (χ3v) is 7.30. The molecule has 0 radical (unpaired) electrons. The van der Waals surface area contributed by atoms with Crippen LogP contribution in [0.25, 0.3) is 22.2 Å². The first-order valence-corrected chi connectivity index (χ1v) is 14.8. The van der Waals surface area contributed by atoms with Crippen LogP contribution in [0.15, 0.2) is 83.5 Å². The summed E-state index contributed by atoms with van der Waals surface area (Å²) < 4.78 is 25.6. The lowest BCUT2D eigenvalue weighted by atomic mass is 10.1. The van der Waals surface area contributed by atoms with E-state index in [1.165, 1.54) is 18.5 Å². The fraction of sp³-hybridized carbons (Fsp3) is 0.226. The number of hydrogen-bond donors (Lipinski definition) is 2. The molecule has 0 aliphatic carbocycles. The van der Waals surface area contributed by atoms with Crippen molar-refractivity contribution in [2.24, 2.45) is 0 Å². The number of anilines is 2. The van der Waals surface area contributed by atoms with Gasteiger partial charge in [0.25, 0.3) is 0 Å². The Bertz CT molecular complexity index is 1600. The second-order valence-corrected chi connectivity index (χ2v) is 10.6. The Morgan fingerprint density at radius 2 is 1.95 bits per heavy atom. The van der Waals surface area contributed by atoms with Gasteiger partial charge < -0.3 is 19.8 Å². The Morgan fingerprint density at radius 1 is 1.05 bits per heavy atom. The Kier molecular flexibility index (Phi) is 9.21. The monoisotopic (exact) mass is 576 g/mol. The molecule has 0 aliphatic rings. The SMILES string of the molecule is CCCN[C@@H](CSC)c1ccc(-c2ccc3ncnc(Nc4ccc(OCc5cccc(F)c5)c(Cl)c4)c3c2)o1. The molecule has 2 aromatic heterocycles. The molecule has 3 aromatic carbocycles. The molecular formula is C31H30ClFN4O2S. The van der Waals surface area contributed by atoms with Crippen LogP contribution in [0.3, 0.4) is 0 Å². The summed E-state index contributed by atoms with van der Waals surface area (Å²) in [6, 6.07) is 21.9. The molecule has 206 valence electrons. The Hall–Kier alpha value is -3.59. The van der Waals surface area contributed by atoms with Crippen LogP contribution in [0.1, 0.15) is 30.7 Å². The molecule has 5 rings (SSSR count). The zero-order chi connectivity index (χ0) is 27.9. The maximum Gasteiger partial charge on any atom is 0.141 e. The molecule has 40 heavy (non-hydrogen) atoms. The van der Waals surface area contributed by atoms with Gasteiger partial charge in [0.2, 0.25) is 0 Å². The van der Waals surface area contributed by atoms with Crippen molar-refractivity contribution in [1.82, 2.24) is 15.3 Å². The smallest absolute Gasteiger partial charge is 0.141 e. The topological polar surface area (TPSA) is 72.2 Å². The minimum absolute atomic E-state index is 0.162. The Balaban J connectivity index is 1.35. The molecule has 2 N–H and O–H groups in total. The summed E-state index contributed by atoms with van der Waals surface area (Å²) in [6.45, 7) is 3.31. The summed E-state index contributed by atoms with van der Waals surface area (Å²) in [5.41, 5.74) is 3.21. The van der Waals surface area contributed by atoms with Crippen LogP contribution in [0.2, 0.25) is 5.02 Å². The highest BCUT2D eigenvalue weighted by molar-refractivity contribution is 7.98. The molecule has 0 saturated carbocycles. The van der Waals surface area contributed by atoms with Gasteiger partial charge in [0.1, 0.15) is 41.8 Å². The van der Waals surface area contributed by atoms with E-state index in [2.05, 4.69) is 33.8 Å². The third-order valence-electron chi connectivity index (χ3n) is 6.34. The Labute approximate surface area is 242 Å². The zero-order valence-electron chi connectivity index (χ0n) is 22.3. The summed E-state index contributed by atoms with van der Waals surface area (Å²) in [6.07, 6.45) is 4.69. The zero-order valence-corrected chi connectivity index (χ0v) is 23.9. The van der Waals surface area contributed by atoms with Crippen LogP contribution in [0, 0.1) is 5.82 Å². The average Bonchev–Trinajstić information content (AvgIpc) is 3.45. The minimum Gasteiger partial charge on any atom is -0.487 e. The van der Waals surface area contributed by atoms with Crippen molar-refractivity contribution in [2.45, 2.75) is 26.0 Å². The lowest BCUT2D eigenvalue weighted by molar-refractivity contribution is 0.306. The van der Waals surface area contributed by atoms with Crippen molar-refractivity contribution in [3.63, 3.8) is 0 Å². The second-order valence-electron chi connectivity index (χ2n) is 9.31. The van der Waals surface area contributed by atoms with Gasteiger partial charge in [-0.05, 0) is 85.4 Å². The minimum atomic E-state index is -0.303. The van der Waals surface area contributed by atoms with Crippen LogP contribution < -0.4 is 15.4 Å². The van der Waals surface area contributed by atoms with Gasteiger partial charge in [-0.15, -0.1) is 0 Å². The van der Waals surface area contributed by atoms with Crippen molar-refractivity contribution in [1.29, 1.82) is 0 Å². The first-order chi connectivity index (χ1) is 19.5. The highest BCUT2D eigenvalue weighted by Crippen LogP contribution is 2.33. The first-order valence-electron chi connectivity index (χ1n) is 13.0. The fourth-order valence-electron chi connectivity index (χ4n) is 4.35. The maximum atomic E-state index is 13.5. The number of nitrogens with zero attached hydrogens (tertiary/aromatic N) is 2. The highest BCUT2D eigenvalue weighted by Gasteiger charge is 2.16. The molecule has 0 bridgehead atoms. The lowest BCUT2D eigenvalue weighted by Gasteiger charge is -2.15. The number of nitrogens with one attached hydrogen (secondary N) is 2. The molecule has 0 unspecified atom stereocenters. The molecule has 9 heteroatoms. The van der Waals surface area contributed by atoms with Crippen LogP contribution in [0.4, 0.5) is 15.9 Å². The van der Waals surface area contributed by atoms with Crippen molar-refractivity contribution in [2.75, 3.05) is 23.9 Å². The van der Waals surface area contributed by atoms with Gasteiger partial charge in [-0.2, -0.15) is 11.8 Å². The van der Waals surface area contributed by atoms with Gasteiger partial charge in [-0.25, -0.2) is 14.4 Å². The summed E-state index contributed by atoms with van der Waals surface area (Å²) in [4.78, 5) is 8.92. The number of ether oxygens (including phenoxy) is 1. The van der Waals surface area contributed by atoms with Gasteiger partial charge in [-0.3, -0.25) is 0 Å². The van der Waals surface area contributed by atoms with Gasteiger partial charge in [-0.1, -0.05) is 30.7 Å². The number of benzene rings is 3. The van der Waals surface area contributed by atoms with Gasteiger partial charge in [0, 0.05) is 22.4 Å². The van der Waals surface area contributed by atoms with Gasteiger partial charge in [0.15, 0.2) is 0 Å². The van der Waals surface area contributed by atoms with E-state index in [9.17, 15) is 4.39 Å². The molecule has 5 aromatic rings. The van der Waals surface area contributed by atoms with Crippen LogP contribution >= 0.6 is 23.4 Å². The average molecular weight is 577 g/mol. The Morgan fingerprint density at radius 3 is 2.75 bits per heavy atom. The molecule has 0 aliphatic heterocycles. The van der Waals surface area contributed by atoms with Crippen LogP contribution in [-0.2, 0) is 6.61 Å². The third kappa shape index (κ3) is 6.75. The van der Waals surface area contributed by atoms with Crippen LogP contribution in [-0.4, -0.2) is 28.5 Å². The maximum absolute atomic E-state index is 13.5. The predicted molar refractivity (Wildman–Crippen MR) is 162 cm³/mol. The summed E-state index contributed by atoms with van der Waals surface area (Å²) in [5, 5.41) is 8.20. The van der Waals surface area contributed by atoms with Crippen molar-refractivity contribution in [3.8, 4) is 17.1 Å². The van der Waals surface area contributed by atoms with E-state index in [1.54, 1.807) is 36.0 Å². The normalized spacial score (nSPS) is 12.0. The second kappa shape index (κ2) is 13.2. The van der Waals surface area contributed by atoms with E-state index < -0.39 is 0 Å². The van der Waals surface area contributed by atoms with Crippen LogP contribution in [0.5, 0.6) is 5.75 Å². The van der Waals surface area contributed by atoms with Crippen molar-refractivity contribution < 1.29 is 13.5 Å². The van der Waals surface area contributed by atoms with Crippen molar-refractivity contribution >= 4 is 45.8 Å². The summed E-state index contributed by atoms with van der Waals surface area (Å²) in [7, 11) is 0. The van der Waals surface area contributed by atoms with E-state index in [1.807, 2.05) is 36.4 Å². The van der Waals surface area contributed by atoms with Gasteiger partial charge >= 0.3 is 0 Å². The number of furan rings is 1. The fourth-order valence-corrected chi connectivity index (χ4v) is 5.20. The molecule has 2 heterocycles. The van der Waals surface area contributed by atoms with Gasteiger partial charge in [0.05, 0.1) is 16.6 Å². The lowest BCUT2D eigenvalue weighted by Crippen LogP contribution is -2.23. The number of halogens is 2. The van der Waals surface area contributed by atoms with E-state index >= 15 is 0 Å². The van der Waals surface area contributed by atoms with Crippen molar-refractivity contribution in [3.05, 3.63) is 101 Å². The van der Waals surface area contributed by atoms with E-state index in [0.717, 1.165) is 58.0 Å². The summed E-state index contributed by atoms with van der Waals surface area (Å²) in [5.74, 6) is 3.50. The number of thioether (sulfide) groups is 1. The molecular weight excluding hydrogens is 547 g/mol. The number of rotatable bonds is 12. The molecule has 0 saturated heterocycles. The number of hydrogen-bond acceptors (Lipinski definition) is 7. The first kappa shape index (κ1) is 28.0. The van der Waals surface area contributed by atoms with E-state index in [-0.39, 0.29) is 18.5 Å². The predicted octanol–water partition coefficient (Wildman–Crippen LogP) is 8.41. The highest BCUT2D eigenvalue weighted by atomic mass is 35.5. The number of aromatic nitrogens is 2. The number of fused-ring (bicyclic) bond motifs is 1. The standard InChI is InChI=1S/C31H30ClFN4O2S/c1-3-13-34-27(18-40-2)30-12-11-28(39-30)21-7-9-26-24(15-21)31(36-19-35-26)37-23-8-10-29(25(32)16-23)38-17-20-5-4-6-22(33)14-20/h4-12,14-16,19,27,34H,3,13,17-18H2,1-2H3,(H,35,36,37)/t27-/m0/s1.